The number of esters is 1. The molecule has 0 aromatic heterocycles. The van der Waals surface area contributed by atoms with Gasteiger partial charge in [0.2, 0.25) is 0 Å². The van der Waals surface area contributed by atoms with Crippen molar-refractivity contribution in [3.05, 3.63) is 12.8 Å². The van der Waals surface area contributed by atoms with Crippen LogP contribution in [-0.4, -0.2) is 18.2 Å². The molecule has 0 amide bonds. The quantitative estimate of drug-likeness (QED) is 0.471. The fourth-order valence-electron chi connectivity index (χ4n) is 3.20. The van der Waals surface area contributed by atoms with Crippen LogP contribution in [0, 0.1) is 17.8 Å². The Balaban J connectivity index is 1.90. The van der Waals surface area contributed by atoms with Gasteiger partial charge in [-0.2, -0.15) is 0 Å². The standard InChI is InChI=1S/C10H12O3/c1-2-12-8-5-3-6-7(4-5)10(11)13-9(6)8/h2,5-9H,1,3-4H2/t5-,6+,7+,8-,9-/m1/s1. The average Bonchev–Trinajstić information content (AvgIpc) is 2.69. The fraction of sp³-hybridized carbons (Fsp3) is 0.700. The second-order valence-electron chi connectivity index (χ2n) is 4.17. The summed E-state index contributed by atoms with van der Waals surface area (Å²) in [6.07, 6.45) is 3.63. The van der Waals surface area contributed by atoms with Crippen molar-refractivity contribution in [3.63, 3.8) is 0 Å². The van der Waals surface area contributed by atoms with E-state index in [4.69, 9.17) is 9.47 Å². The van der Waals surface area contributed by atoms with Crippen molar-refractivity contribution in [3.8, 4) is 0 Å². The van der Waals surface area contributed by atoms with Gasteiger partial charge in [0.1, 0.15) is 12.2 Å². The Bertz CT molecular complexity index is 273. The summed E-state index contributed by atoms with van der Waals surface area (Å²) in [7, 11) is 0. The molecule has 70 valence electrons. The van der Waals surface area contributed by atoms with Crippen LogP contribution in [-0.2, 0) is 14.3 Å². The Hall–Kier alpha value is -0.990. The Kier molecular flexibility index (Phi) is 1.30. The highest BCUT2D eigenvalue weighted by Crippen LogP contribution is 2.55. The molecule has 2 bridgehead atoms. The number of hydrogen-bond donors (Lipinski definition) is 0. The number of carbonyl (C=O) groups excluding carboxylic acids is 1. The van der Waals surface area contributed by atoms with E-state index in [1.807, 2.05) is 0 Å². The molecule has 0 radical (unpaired) electrons. The van der Waals surface area contributed by atoms with Gasteiger partial charge in [-0.3, -0.25) is 4.79 Å². The molecule has 5 atom stereocenters. The maximum Gasteiger partial charge on any atom is 0.309 e. The van der Waals surface area contributed by atoms with E-state index in [2.05, 4.69) is 6.58 Å². The lowest BCUT2D eigenvalue weighted by Crippen LogP contribution is -2.32. The highest BCUT2D eigenvalue weighted by molar-refractivity contribution is 5.76. The van der Waals surface area contributed by atoms with Crippen LogP contribution in [0.4, 0.5) is 0 Å². The molecule has 1 saturated heterocycles. The van der Waals surface area contributed by atoms with Crippen LogP contribution in [0.2, 0.25) is 0 Å². The SMILES string of the molecule is C=CO[C@@H]1[C@@H]2C[C@@H]3[C@H]1OC(=O)[C@H]3C2. The van der Waals surface area contributed by atoms with Crippen LogP contribution < -0.4 is 0 Å². The van der Waals surface area contributed by atoms with Crippen molar-refractivity contribution in [2.24, 2.45) is 17.8 Å². The van der Waals surface area contributed by atoms with Crippen molar-refractivity contribution in [1.29, 1.82) is 0 Å². The molecule has 0 aromatic carbocycles. The minimum Gasteiger partial charge on any atom is -0.494 e. The van der Waals surface area contributed by atoms with Crippen molar-refractivity contribution in [1.82, 2.24) is 0 Å². The van der Waals surface area contributed by atoms with Gasteiger partial charge in [-0.1, -0.05) is 6.58 Å². The molecule has 1 aliphatic heterocycles. The van der Waals surface area contributed by atoms with E-state index in [0.29, 0.717) is 11.8 Å². The van der Waals surface area contributed by atoms with E-state index in [1.165, 1.54) is 6.26 Å². The number of fused-ring (bicyclic) bond motifs is 1. The summed E-state index contributed by atoms with van der Waals surface area (Å²) in [4.78, 5) is 11.3. The van der Waals surface area contributed by atoms with Gasteiger partial charge in [-0.25, -0.2) is 0 Å². The number of rotatable bonds is 2. The molecule has 3 rings (SSSR count). The third-order valence-corrected chi connectivity index (χ3v) is 3.67. The van der Waals surface area contributed by atoms with E-state index in [1.54, 1.807) is 0 Å². The van der Waals surface area contributed by atoms with Gasteiger partial charge in [0.25, 0.3) is 0 Å². The van der Waals surface area contributed by atoms with Crippen LogP contribution >= 0.6 is 0 Å². The van der Waals surface area contributed by atoms with Gasteiger partial charge in [-0.05, 0) is 12.8 Å². The summed E-state index contributed by atoms with van der Waals surface area (Å²) in [6.45, 7) is 3.55. The molecule has 0 aromatic rings. The van der Waals surface area contributed by atoms with Crippen LogP contribution in [0.5, 0.6) is 0 Å². The molecule has 1 heterocycles. The minimum absolute atomic E-state index is 0.00679. The summed E-state index contributed by atoms with van der Waals surface area (Å²) in [5.74, 6) is 1.12. The second kappa shape index (κ2) is 2.28. The van der Waals surface area contributed by atoms with Crippen LogP contribution in [0.1, 0.15) is 12.8 Å². The van der Waals surface area contributed by atoms with Gasteiger partial charge in [0.15, 0.2) is 0 Å². The first-order valence-corrected chi connectivity index (χ1v) is 4.78. The molecule has 3 aliphatic rings. The third kappa shape index (κ3) is 0.773. The summed E-state index contributed by atoms with van der Waals surface area (Å²) in [5, 5.41) is 0. The van der Waals surface area contributed by atoms with Gasteiger partial charge < -0.3 is 9.47 Å². The molecule has 0 spiro atoms. The Morgan fingerprint density at radius 3 is 3.15 bits per heavy atom. The third-order valence-electron chi connectivity index (χ3n) is 3.67. The van der Waals surface area contributed by atoms with E-state index in [-0.39, 0.29) is 24.1 Å². The van der Waals surface area contributed by atoms with Gasteiger partial charge in [0.05, 0.1) is 12.2 Å². The van der Waals surface area contributed by atoms with Gasteiger partial charge in [0, 0.05) is 11.8 Å². The zero-order valence-corrected chi connectivity index (χ0v) is 7.31. The first-order valence-electron chi connectivity index (χ1n) is 4.78. The summed E-state index contributed by atoms with van der Waals surface area (Å²) in [5.41, 5.74) is 0. The van der Waals surface area contributed by atoms with Crippen LogP contribution in [0.15, 0.2) is 12.8 Å². The maximum atomic E-state index is 11.3. The lowest BCUT2D eigenvalue weighted by molar-refractivity contribution is -0.145. The molecule has 2 saturated carbocycles. The van der Waals surface area contributed by atoms with Gasteiger partial charge in [-0.15, -0.1) is 0 Å². The van der Waals surface area contributed by atoms with E-state index in [0.717, 1.165) is 12.8 Å². The molecule has 3 fully saturated rings. The van der Waals surface area contributed by atoms with Crippen LogP contribution in [0.3, 0.4) is 0 Å². The highest BCUT2D eigenvalue weighted by Gasteiger charge is 2.62. The predicted octanol–water partition coefficient (Wildman–Crippen LogP) is 1.10. The molecule has 3 heteroatoms. The molecule has 0 unspecified atom stereocenters. The Morgan fingerprint density at radius 1 is 1.54 bits per heavy atom. The van der Waals surface area contributed by atoms with E-state index >= 15 is 0 Å². The molecule has 0 N–H and O–H groups in total. The Morgan fingerprint density at radius 2 is 2.38 bits per heavy atom. The van der Waals surface area contributed by atoms with Crippen molar-refractivity contribution >= 4 is 5.97 Å². The fourth-order valence-corrected chi connectivity index (χ4v) is 3.20. The zero-order chi connectivity index (χ0) is 9.00. The smallest absolute Gasteiger partial charge is 0.309 e. The van der Waals surface area contributed by atoms with Crippen molar-refractivity contribution in [2.75, 3.05) is 0 Å². The van der Waals surface area contributed by atoms with Crippen molar-refractivity contribution < 1.29 is 14.3 Å². The first-order chi connectivity index (χ1) is 6.31. The normalized spacial score (nSPS) is 50.8. The topological polar surface area (TPSA) is 35.5 Å². The minimum atomic E-state index is -0.00679. The van der Waals surface area contributed by atoms with Crippen molar-refractivity contribution in [2.45, 2.75) is 25.0 Å². The zero-order valence-electron chi connectivity index (χ0n) is 7.31. The molecule has 3 nitrogen and oxygen atoms in total. The number of carbonyl (C=O) groups is 1. The molecule has 2 aliphatic carbocycles. The average molecular weight is 180 g/mol. The summed E-state index contributed by atoms with van der Waals surface area (Å²) in [6, 6.07) is 0. The van der Waals surface area contributed by atoms with E-state index in [9.17, 15) is 4.79 Å². The summed E-state index contributed by atoms with van der Waals surface area (Å²) >= 11 is 0. The highest BCUT2D eigenvalue weighted by atomic mass is 16.6. The monoisotopic (exact) mass is 180 g/mol. The first kappa shape index (κ1) is 7.42. The second-order valence-corrected chi connectivity index (χ2v) is 4.17. The Labute approximate surface area is 76.7 Å². The van der Waals surface area contributed by atoms with Crippen LogP contribution in [0.25, 0.3) is 0 Å². The molecule has 13 heavy (non-hydrogen) atoms. The number of hydrogen-bond acceptors (Lipinski definition) is 3. The lowest BCUT2D eigenvalue weighted by Gasteiger charge is -2.24. The summed E-state index contributed by atoms with van der Waals surface area (Å²) < 4.78 is 10.7. The largest absolute Gasteiger partial charge is 0.494 e. The predicted molar refractivity (Wildman–Crippen MR) is 44.7 cm³/mol. The van der Waals surface area contributed by atoms with E-state index < -0.39 is 0 Å². The maximum absolute atomic E-state index is 11.3. The number of ether oxygens (including phenoxy) is 2. The molecular weight excluding hydrogens is 168 g/mol. The van der Waals surface area contributed by atoms with Gasteiger partial charge >= 0.3 is 5.97 Å². The lowest BCUT2D eigenvalue weighted by atomic mass is 9.88. The molecular formula is C10H12O3.